The van der Waals surface area contributed by atoms with Crippen molar-refractivity contribution in [3.05, 3.63) is 48.0 Å². The van der Waals surface area contributed by atoms with E-state index in [-0.39, 0.29) is 23.8 Å². The van der Waals surface area contributed by atoms with Crippen LogP contribution in [0, 0.1) is 11.8 Å². The van der Waals surface area contributed by atoms with Crippen molar-refractivity contribution in [3.8, 4) is 0 Å². The van der Waals surface area contributed by atoms with E-state index in [4.69, 9.17) is 4.74 Å². The number of nitrogens with zero attached hydrogens (tertiary/aromatic N) is 2. The van der Waals surface area contributed by atoms with Crippen LogP contribution in [-0.4, -0.2) is 61.6 Å². The first-order valence-corrected chi connectivity index (χ1v) is 9.72. The van der Waals surface area contributed by atoms with E-state index in [0.717, 1.165) is 26.1 Å². The fourth-order valence-corrected chi connectivity index (χ4v) is 3.76. The molecule has 1 N–H and O–H groups in total. The number of benzene rings is 1. The zero-order valence-corrected chi connectivity index (χ0v) is 16.0. The van der Waals surface area contributed by atoms with Crippen LogP contribution in [0.1, 0.15) is 18.4 Å². The second-order valence-corrected chi connectivity index (χ2v) is 7.25. The third-order valence-corrected chi connectivity index (χ3v) is 5.45. The largest absolute Gasteiger partial charge is 0.449 e. The van der Waals surface area contributed by atoms with E-state index in [0.29, 0.717) is 26.1 Å². The first kappa shape index (κ1) is 19.4. The lowest BCUT2D eigenvalue weighted by Crippen LogP contribution is -2.48. The number of nitrogens with one attached hydrogen (secondary N) is 1. The summed E-state index contributed by atoms with van der Waals surface area (Å²) in [7, 11) is 1.65. The predicted molar refractivity (Wildman–Crippen MR) is 104 cm³/mol. The maximum Gasteiger partial charge on any atom is 0.409 e. The van der Waals surface area contributed by atoms with Crippen molar-refractivity contribution in [1.29, 1.82) is 0 Å². The number of carbonyl (C=O) groups excluding carboxylic acids is 2. The third-order valence-electron chi connectivity index (χ3n) is 5.45. The van der Waals surface area contributed by atoms with Crippen molar-refractivity contribution in [3.63, 3.8) is 0 Å². The van der Waals surface area contributed by atoms with Crippen LogP contribution in [0.4, 0.5) is 4.79 Å². The molecule has 1 saturated heterocycles. The van der Waals surface area contributed by atoms with Gasteiger partial charge in [-0.25, -0.2) is 4.79 Å². The van der Waals surface area contributed by atoms with Crippen LogP contribution < -0.4 is 5.32 Å². The molecule has 0 bridgehead atoms. The molecule has 146 valence electrons. The predicted octanol–water partition coefficient (Wildman–Crippen LogP) is 2.27. The van der Waals surface area contributed by atoms with Gasteiger partial charge in [0.25, 0.3) is 0 Å². The van der Waals surface area contributed by atoms with E-state index in [9.17, 15) is 9.59 Å². The minimum atomic E-state index is -0.264. The maximum atomic E-state index is 12.4. The Kier molecular flexibility index (Phi) is 6.87. The number of amides is 2. The molecule has 0 spiro atoms. The topological polar surface area (TPSA) is 61.9 Å². The first-order valence-electron chi connectivity index (χ1n) is 9.72. The van der Waals surface area contributed by atoms with Gasteiger partial charge in [0.2, 0.25) is 5.91 Å². The molecule has 1 aromatic rings. The number of carbonyl (C=O) groups is 2. The normalized spacial score (nSPS) is 23.1. The molecule has 27 heavy (non-hydrogen) atoms. The van der Waals surface area contributed by atoms with Crippen LogP contribution in [0.3, 0.4) is 0 Å². The lowest BCUT2D eigenvalue weighted by molar-refractivity contribution is -0.126. The number of hydrogen-bond donors (Lipinski definition) is 1. The number of allylic oxidation sites excluding steroid dienone is 2. The third kappa shape index (κ3) is 5.32. The number of hydrogen-bond acceptors (Lipinski definition) is 4. The maximum absolute atomic E-state index is 12.4. The molecule has 0 radical (unpaired) electrons. The summed E-state index contributed by atoms with van der Waals surface area (Å²) in [5, 5.41) is 2.71. The minimum absolute atomic E-state index is 0.0231. The van der Waals surface area contributed by atoms with Gasteiger partial charge < -0.3 is 15.0 Å². The van der Waals surface area contributed by atoms with Gasteiger partial charge in [0.05, 0.1) is 6.61 Å². The molecule has 0 aromatic heterocycles. The Hall–Kier alpha value is -2.34. The number of rotatable bonds is 5. The molecule has 1 aromatic carbocycles. The van der Waals surface area contributed by atoms with Crippen LogP contribution in [0.2, 0.25) is 0 Å². The van der Waals surface area contributed by atoms with Crippen LogP contribution >= 0.6 is 0 Å². The van der Waals surface area contributed by atoms with Crippen molar-refractivity contribution in [1.82, 2.24) is 15.1 Å². The van der Waals surface area contributed by atoms with Gasteiger partial charge in [-0.15, -0.1) is 0 Å². The molecule has 6 heteroatoms. The smallest absolute Gasteiger partial charge is 0.409 e. The van der Waals surface area contributed by atoms with Crippen molar-refractivity contribution >= 4 is 12.0 Å². The molecule has 1 aliphatic carbocycles. The van der Waals surface area contributed by atoms with Crippen LogP contribution in [0.5, 0.6) is 0 Å². The van der Waals surface area contributed by atoms with Gasteiger partial charge in [0, 0.05) is 51.6 Å². The molecule has 1 fully saturated rings. The van der Waals surface area contributed by atoms with E-state index in [1.807, 2.05) is 12.1 Å². The van der Waals surface area contributed by atoms with Crippen molar-refractivity contribution in [2.24, 2.45) is 11.8 Å². The molecular formula is C21H29N3O3. The van der Waals surface area contributed by atoms with Gasteiger partial charge in [-0.1, -0.05) is 42.5 Å². The molecule has 2 atom stereocenters. The van der Waals surface area contributed by atoms with Gasteiger partial charge in [0.1, 0.15) is 0 Å². The van der Waals surface area contributed by atoms with Gasteiger partial charge in [0.15, 0.2) is 0 Å². The lowest BCUT2D eigenvalue weighted by atomic mass is 9.83. The van der Waals surface area contributed by atoms with Gasteiger partial charge in [-0.3, -0.25) is 9.69 Å². The van der Waals surface area contributed by atoms with Crippen molar-refractivity contribution < 1.29 is 14.3 Å². The molecule has 2 unspecified atom stereocenters. The molecule has 1 aliphatic heterocycles. The van der Waals surface area contributed by atoms with E-state index in [1.54, 1.807) is 11.9 Å². The highest BCUT2D eigenvalue weighted by Crippen LogP contribution is 2.26. The summed E-state index contributed by atoms with van der Waals surface area (Å²) in [5.41, 5.74) is 1.29. The summed E-state index contributed by atoms with van der Waals surface area (Å²) >= 11 is 0. The number of ether oxygens (including phenoxy) is 1. The minimum Gasteiger partial charge on any atom is -0.449 e. The Morgan fingerprint density at radius 3 is 2.48 bits per heavy atom. The highest BCUT2D eigenvalue weighted by Gasteiger charge is 2.30. The molecule has 3 rings (SSSR count). The summed E-state index contributed by atoms with van der Waals surface area (Å²) < 4.78 is 5.55. The second kappa shape index (κ2) is 9.55. The second-order valence-electron chi connectivity index (χ2n) is 7.25. The highest BCUT2D eigenvalue weighted by atomic mass is 16.6. The van der Waals surface area contributed by atoms with E-state index in [2.05, 4.69) is 40.6 Å². The number of piperazine rings is 1. The zero-order chi connectivity index (χ0) is 19.1. The molecule has 6 nitrogen and oxygen atoms in total. The van der Waals surface area contributed by atoms with Crippen LogP contribution in [0.15, 0.2) is 42.5 Å². The van der Waals surface area contributed by atoms with Gasteiger partial charge in [-0.2, -0.15) is 0 Å². The van der Waals surface area contributed by atoms with E-state index < -0.39 is 0 Å². The zero-order valence-electron chi connectivity index (χ0n) is 16.0. The van der Waals surface area contributed by atoms with Crippen LogP contribution in [-0.2, 0) is 16.1 Å². The fraction of sp³-hybridized carbons (Fsp3) is 0.524. The molecule has 1 heterocycles. The molecule has 2 aliphatic rings. The SMILES string of the molecule is CNC(=O)C1CC=CCC1COC(=O)N1CCN(Cc2ccccc2)CC1. The monoisotopic (exact) mass is 371 g/mol. The lowest BCUT2D eigenvalue weighted by Gasteiger charge is -2.34. The first-order chi connectivity index (χ1) is 13.2. The van der Waals surface area contributed by atoms with Crippen molar-refractivity contribution in [2.45, 2.75) is 19.4 Å². The Morgan fingerprint density at radius 1 is 1.07 bits per heavy atom. The highest BCUT2D eigenvalue weighted by molar-refractivity contribution is 5.79. The summed E-state index contributed by atoms with van der Waals surface area (Å²) in [5.74, 6) is -0.0382. The average Bonchev–Trinajstić information content (AvgIpc) is 2.73. The summed E-state index contributed by atoms with van der Waals surface area (Å²) in [6, 6.07) is 10.4. The Morgan fingerprint density at radius 2 is 1.78 bits per heavy atom. The van der Waals surface area contributed by atoms with E-state index >= 15 is 0 Å². The summed E-state index contributed by atoms with van der Waals surface area (Å²) in [6.07, 6.45) is 5.32. The van der Waals surface area contributed by atoms with Crippen molar-refractivity contribution in [2.75, 3.05) is 39.8 Å². The van der Waals surface area contributed by atoms with Gasteiger partial charge >= 0.3 is 6.09 Å². The molecule has 0 saturated carbocycles. The van der Waals surface area contributed by atoms with Gasteiger partial charge in [-0.05, 0) is 18.4 Å². The summed E-state index contributed by atoms with van der Waals surface area (Å²) in [4.78, 5) is 28.6. The Bertz CT molecular complexity index is 654. The Labute approximate surface area is 161 Å². The van der Waals surface area contributed by atoms with Crippen LogP contribution in [0.25, 0.3) is 0 Å². The standard InChI is InChI=1S/C21H29N3O3/c1-22-20(25)19-10-6-5-9-18(19)16-27-21(26)24-13-11-23(12-14-24)15-17-7-3-2-4-8-17/h2-8,18-19H,9-16H2,1H3,(H,22,25). The fourth-order valence-electron chi connectivity index (χ4n) is 3.76. The molecule has 2 amide bonds. The van der Waals surface area contributed by atoms with E-state index in [1.165, 1.54) is 5.56 Å². The molecular weight excluding hydrogens is 342 g/mol. The quantitative estimate of drug-likeness (QED) is 0.807. The Balaban J connectivity index is 1.43. The average molecular weight is 371 g/mol. The summed E-state index contributed by atoms with van der Waals surface area (Å²) in [6.45, 7) is 4.25.